The Kier molecular flexibility index (Phi) is 4.18. The molecule has 4 heteroatoms. The Labute approximate surface area is 76.4 Å². The average Bonchev–Trinajstić information content (AvgIpc) is 2.17. The molecular weight excluding hydrogens is 174 g/mol. The molecule has 1 fully saturated rings. The molecule has 0 aromatic carbocycles. The Balaban J connectivity index is 2.30. The van der Waals surface area contributed by atoms with Gasteiger partial charge < -0.3 is 5.11 Å². The zero-order valence-electron chi connectivity index (χ0n) is 7.53. The summed E-state index contributed by atoms with van der Waals surface area (Å²) in [4.78, 5) is 0. The van der Waals surface area contributed by atoms with Crippen molar-refractivity contribution in [3.05, 3.63) is 0 Å². The third kappa shape index (κ3) is 2.54. The Bertz CT molecular complexity index is 155. The minimum atomic E-state index is -0.779. The van der Waals surface area contributed by atoms with E-state index in [1.807, 2.05) is 11.2 Å². The van der Waals surface area contributed by atoms with Gasteiger partial charge in [-0.2, -0.15) is 0 Å². The number of aliphatic hydroxyl groups excluding tert-OH is 1. The van der Waals surface area contributed by atoms with Crippen molar-refractivity contribution in [2.24, 2.45) is 5.92 Å². The molecule has 0 amide bonds. The Morgan fingerprint density at radius 2 is 2.08 bits per heavy atom. The van der Waals surface area contributed by atoms with Crippen molar-refractivity contribution < 1.29 is 9.32 Å². The van der Waals surface area contributed by atoms with Crippen LogP contribution in [0.25, 0.3) is 0 Å². The molecule has 0 spiro atoms. The van der Waals surface area contributed by atoms with Gasteiger partial charge in [0.25, 0.3) is 0 Å². The lowest BCUT2D eigenvalue weighted by Gasteiger charge is -2.29. The van der Waals surface area contributed by atoms with Gasteiger partial charge in [-0.15, -0.1) is 0 Å². The summed E-state index contributed by atoms with van der Waals surface area (Å²) in [6, 6.07) is 0. The van der Waals surface area contributed by atoms with Crippen molar-refractivity contribution in [2.75, 3.05) is 25.4 Å². The van der Waals surface area contributed by atoms with Crippen LogP contribution in [0, 0.1) is 5.92 Å². The van der Waals surface area contributed by atoms with Crippen molar-refractivity contribution in [3.8, 4) is 0 Å². The molecule has 72 valence electrons. The van der Waals surface area contributed by atoms with Gasteiger partial charge in [0.05, 0.1) is 11.0 Å². The molecule has 1 rings (SSSR count). The van der Waals surface area contributed by atoms with Crippen molar-refractivity contribution in [3.63, 3.8) is 0 Å². The lowest BCUT2D eigenvalue weighted by atomic mass is 10.00. The van der Waals surface area contributed by atoms with Gasteiger partial charge in [0.1, 0.15) is 0 Å². The SMILES string of the molecule is CCS(=O)N1CCC(CO)CC1. The molecule has 1 atom stereocenters. The second kappa shape index (κ2) is 4.94. The van der Waals surface area contributed by atoms with E-state index in [0.717, 1.165) is 25.9 Å². The van der Waals surface area contributed by atoms with Crippen LogP contribution < -0.4 is 0 Å². The van der Waals surface area contributed by atoms with Crippen LogP contribution in [0.5, 0.6) is 0 Å². The summed E-state index contributed by atoms with van der Waals surface area (Å²) >= 11 is 0. The van der Waals surface area contributed by atoms with Crippen LogP contribution in [0.4, 0.5) is 0 Å². The fourth-order valence-corrected chi connectivity index (χ4v) is 2.46. The lowest BCUT2D eigenvalue weighted by Crippen LogP contribution is -2.36. The summed E-state index contributed by atoms with van der Waals surface area (Å²) in [7, 11) is -0.779. The zero-order chi connectivity index (χ0) is 8.97. The third-order valence-electron chi connectivity index (χ3n) is 2.37. The first kappa shape index (κ1) is 10.2. The minimum absolute atomic E-state index is 0.284. The molecule has 1 unspecified atom stereocenters. The smallest absolute Gasteiger partial charge is 0.0939 e. The fourth-order valence-electron chi connectivity index (χ4n) is 1.48. The number of hydrogen-bond donors (Lipinski definition) is 1. The molecule has 0 radical (unpaired) electrons. The van der Waals surface area contributed by atoms with E-state index < -0.39 is 11.0 Å². The maximum absolute atomic E-state index is 11.3. The first-order chi connectivity index (χ1) is 5.77. The van der Waals surface area contributed by atoms with Gasteiger partial charge in [0, 0.05) is 25.4 Å². The number of piperidine rings is 1. The van der Waals surface area contributed by atoms with Gasteiger partial charge in [-0.05, 0) is 18.8 Å². The highest BCUT2D eigenvalue weighted by atomic mass is 32.2. The summed E-state index contributed by atoms with van der Waals surface area (Å²) in [5.41, 5.74) is 0. The molecule has 0 aromatic rings. The Morgan fingerprint density at radius 1 is 1.50 bits per heavy atom. The van der Waals surface area contributed by atoms with Gasteiger partial charge >= 0.3 is 0 Å². The third-order valence-corrected chi connectivity index (χ3v) is 3.80. The van der Waals surface area contributed by atoms with Crippen LogP contribution in [0.2, 0.25) is 0 Å². The topological polar surface area (TPSA) is 40.5 Å². The molecule has 1 saturated heterocycles. The number of rotatable bonds is 3. The van der Waals surface area contributed by atoms with Crippen LogP contribution in [-0.4, -0.2) is 39.1 Å². The lowest BCUT2D eigenvalue weighted by molar-refractivity contribution is 0.172. The van der Waals surface area contributed by atoms with Gasteiger partial charge in [-0.3, -0.25) is 0 Å². The average molecular weight is 191 g/mol. The maximum atomic E-state index is 11.3. The van der Waals surface area contributed by atoms with Crippen molar-refractivity contribution >= 4 is 11.0 Å². The van der Waals surface area contributed by atoms with E-state index in [1.165, 1.54) is 0 Å². The number of nitrogens with zero attached hydrogens (tertiary/aromatic N) is 1. The van der Waals surface area contributed by atoms with Gasteiger partial charge in [-0.25, -0.2) is 8.51 Å². The normalized spacial score (nSPS) is 24.2. The Hall–Kier alpha value is 0.0700. The monoisotopic (exact) mass is 191 g/mol. The van der Waals surface area contributed by atoms with Crippen LogP contribution in [0.3, 0.4) is 0 Å². The molecule has 12 heavy (non-hydrogen) atoms. The fraction of sp³-hybridized carbons (Fsp3) is 1.00. The highest BCUT2D eigenvalue weighted by molar-refractivity contribution is 7.82. The van der Waals surface area contributed by atoms with E-state index in [2.05, 4.69) is 0 Å². The summed E-state index contributed by atoms with van der Waals surface area (Å²) < 4.78 is 13.3. The van der Waals surface area contributed by atoms with E-state index in [1.54, 1.807) is 0 Å². The number of aliphatic hydroxyl groups is 1. The van der Waals surface area contributed by atoms with E-state index in [-0.39, 0.29) is 6.61 Å². The van der Waals surface area contributed by atoms with Crippen LogP contribution >= 0.6 is 0 Å². The highest BCUT2D eigenvalue weighted by Gasteiger charge is 2.20. The molecule has 1 N–H and O–H groups in total. The van der Waals surface area contributed by atoms with Gasteiger partial charge in [0.2, 0.25) is 0 Å². The molecule has 1 aliphatic heterocycles. The number of hydrogen-bond acceptors (Lipinski definition) is 2. The van der Waals surface area contributed by atoms with Gasteiger partial charge in [-0.1, -0.05) is 6.92 Å². The van der Waals surface area contributed by atoms with Crippen LogP contribution in [-0.2, 0) is 11.0 Å². The molecule has 0 aliphatic carbocycles. The van der Waals surface area contributed by atoms with Crippen molar-refractivity contribution in [1.82, 2.24) is 4.31 Å². The van der Waals surface area contributed by atoms with E-state index in [4.69, 9.17) is 5.11 Å². The van der Waals surface area contributed by atoms with Crippen molar-refractivity contribution in [2.45, 2.75) is 19.8 Å². The summed E-state index contributed by atoms with van der Waals surface area (Å²) in [5, 5.41) is 8.88. The van der Waals surface area contributed by atoms with Crippen molar-refractivity contribution in [1.29, 1.82) is 0 Å². The Morgan fingerprint density at radius 3 is 2.50 bits per heavy atom. The second-order valence-corrected chi connectivity index (χ2v) is 4.90. The predicted molar refractivity (Wildman–Crippen MR) is 50.1 cm³/mol. The van der Waals surface area contributed by atoms with E-state index >= 15 is 0 Å². The maximum Gasteiger partial charge on any atom is 0.0939 e. The zero-order valence-corrected chi connectivity index (χ0v) is 8.35. The molecular formula is C8H17NO2S. The molecule has 0 saturated carbocycles. The molecule has 1 aliphatic rings. The first-order valence-corrected chi connectivity index (χ1v) is 5.79. The quantitative estimate of drug-likeness (QED) is 0.700. The molecule has 0 aromatic heterocycles. The molecule has 0 bridgehead atoms. The van der Waals surface area contributed by atoms with E-state index in [9.17, 15) is 4.21 Å². The molecule has 3 nitrogen and oxygen atoms in total. The van der Waals surface area contributed by atoms with Gasteiger partial charge in [0.15, 0.2) is 0 Å². The minimum Gasteiger partial charge on any atom is -0.396 e. The standard InChI is InChI=1S/C8H17NO2S/c1-2-12(11)9-5-3-8(7-10)4-6-9/h8,10H,2-7H2,1H3. The van der Waals surface area contributed by atoms with Crippen LogP contribution in [0.15, 0.2) is 0 Å². The first-order valence-electron chi connectivity index (χ1n) is 4.52. The largest absolute Gasteiger partial charge is 0.396 e. The summed E-state index contributed by atoms with van der Waals surface area (Å²) in [6.45, 7) is 3.98. The second-order valence-electron chi connectivity index (χ2n) is 3.17. The van der Waals surface area contributed by atoms with E-state index in [0.29, 0.717) is 11.7 Å². The summed E-state index contributed by atoms with van der Waals surface area (Å²) in [5.74, 6) is 1.15. The highest BCUT2D eigenvalue weighted by Crippen LogP contribution is 2.17. The van der Waals surface area contributed by atoms with Crippen LogP contribution in [0.1, 0.15) is 19.8 Å². The molecule has 1 heterocycles. The predicted octanol–water partition coefficient (Wildman–Crippen LogP) is 0.374. The summed E-state index contributed by atoms with van der Waals surface area (Å²) in [6.07, 6.45) is 1.98.